The molecule has 2 atom stereocenters. The van der Waals surface area contributed by atoms with E-state index in [0.29, 0.717) is 301 Å². The summed E-state index contributed by atoms with van der Waals surface area (Å²) in [5.41, 5.74) is 11.1. The monoisotopic (exact) mass is 2060 g/mol. The Morgan fingerprint density at radius 3 is 1.07 bits per heavy atom. The second-order valence-corrected chi connectivity index (χ2v) is 32.3. The van der Waals surface area contributed by atoms with Gasteiger partial charge in [0, 0.05) is 120 Å². The number of halogens is 1. The molecule has 7 rings (SSSR count). The van der Waals surface area contributed by atoms with E-state index in [1.165, 1.54) is 38.4 Å². The SMILES string of the molecule is CC(=O)N1c2ccc(-c3ccc(C(=O)NCCOCCOCCOCCOCCOCCOCCOCCOCCNC(=O)c4nc(NC(=O)CCNC(=O)c5cc(NC(=O)c6nc(NC(=O)CCNC(=O)COCCOCCOCCOCCOCCOCCOCCOCCOCCOCCOCCOCCOCCOCCOCCN)cn6C)cn5C)cn4C)cc3)cc2[C@H](Nc2ccc(Cl)cc2)C[C@@H]1C. The highest BCUT2D eigenvalue weighted by Crippen LogP contribution is 2.41. The number of hydrogen-bond donors (Lipinski definition) is 9. The molecule has 47 heteroatoms. The number of aryl methyl sites for hydroxylation is 3. The molecule has 0 saturated heterocycles. The Morgan fingerprint density at radius 1 is 0.347 bits per heavy atom. The molecule has 806 valence electrons. The van der Waals surface area contributed by atoms with E-state index >= 15 is 0 Å². The van der Waals surface area contributed by atoms with Crippen molar-refractivity contribution >= 4 is 87.6 Å². The van der Waals surface area contributed by atoms with Crippen molar-refractivity contribution in [3.05, 3.63) is 125 Å². The number of amides is 8. The fraction of sp³-hybridized carbons (Fsp3) is 0.629. The van der Waals surface area contributed by atoms with Gasteiger partial charge in [-0.1, -0.05) is 29.8 Å². The fourth-order valence-corrected chi connectivity index (χ4v) is 13.6. The standard InChI is InChI=1S/C97H150ClN15O31/c1-75-68-84(104-81-13-11-80(98)12-14-81)83-69-79(10-15-85(83)113(75)76(2)114)77-6-8-78(9-7-77)94(118)102-21-24-123-27-30-126-33-36-129-39-42-132-45-46-133-43-40-130-37-34-127-31-28-124-25-22-103-96(120)92-108-87(72-111(92)4)106-90(116)17-20-101-95(119)86-70-82(71-110(86)3)105-97(121)93-109-88(73-112(93)5)107-89(115)16-19-100-91(117)74-144-67-66-143-65-64-142-63-62-141-61-60-140-59-58-139-57-56-138-55-54-137-53-52-136-51-50-135-49-48-134-47-44-131-41-38-128-35-32-125-29-26-122-23-18-99/h6-15,69-73,75,84,104H,16-68,74,99H2,1-5H3,(H,100,117)(H,101,119)(H,102,118)(H,103,120)(H,105,121)(H,106,116)(H,107,115)/t75-,84+/m0/s1. The van der Waals surface area contributed by atoms with E-state index in [4.69, 9.17) is 126 Å². The second-order valence-electron chi connectivity index (χ2n) is 31.9. The molecule has 0 spiro atoms. The number of rotatable bonds is 89. The molecule has 6 aromatic rings. The number of nitrogens with zero attached hydrogens (tertiary/aromatic N) is 6. The van der Waals surface area contributed by atoms with Crippen molar-refractivity contribution in [2.45, 2.75) is 45.2 Å². The summed E-state index contributed by atoms with van der Waals surface area (Å²) in [7, 11) is 4.78. The number of benzene rings is 3. The number of hydrogen-bond acceptors (Lipinski definition) is 35. The van der Waals surface area contributed by atoms with Crippen LogP contribution in [0.2, 0.25) is 5.02 Å². The molecule has 0 aliphatic carbocycles. The van der Waals surface area contributed by atoms with E-state index < -0.39 is 35.4 Å². The van der Waals surface area contributed by atoms with Crippen molar-refractivity contribution in [1.82, 2.24) is 44.9 Å². The predicted molar refractivity (Wildman–Crippen MR) is 531 cm³/mol. The summed E-state index contributed by atoms with van der Waals surface area (Å²) in [6, 6.07) is 22.6. The normalized spacial score (nSPS) is 12.9. The van der Waals surface area contributed by atoms with Crippen LogP contribution in [0.3, 0.4) is 0 Å². The van der Waals surface area contributed by atoms with E-state index in [2.05, 4.69) is 65.5 Å². The van der Waals surface area contributed by atoms with Crippen LogP contribution in [0.15, 0.2) is 91.4 Å². The zero-order valence-electron chi connectivity index (χ0n) is 83.8. The van der Waals surface area contributed by atoms with Gasteiger partial charge in [0.1, 0.15) is 12.3 Å². The summed E-state index contributed by atoms with van der Waals surface area (Å²) < 4.78 is 131. The van der Waals surface area contributed by atoms with Gasteiger partial charge < -0.3 is 176 Å². The van der Waals surface area contributed by atoms with E-state index in [1.807, 2.05) is 53.4 Å². The van der Waals surface area contributed by atoms with E-state index in [0.717, 1.165) is 34.5 Å². The highest BCUT2D eigenvalue weighted by molar-refractivity contribution is 6.30. The van der Waals surface area contributed by atoms with Gasteiger partial charge in [-0.15, -0.1) is 0 Å². The quantitative estimate of drug-likeness (QED) is 0.0243. The Morgan fingerprint density at radius 2 is 0.688 bits per heavy atom. The van der Waals surface area contributed by atoms with Crippen LogP contribution >= 0.6 is 11.6 Å². The third-order valence-corrected chi connectivity index (χ3v) is 20.8. The molecule has 3 aromatic heterocycles. The van der Waals surface area contributed by atoms with Gasteiger partial charge in [0.25, 0.3) is 23.6 Å². The first-order valence-corrected chi connectivity index (χ1v) is 49.0. The lowest BCUT2D eigenvalue weighted by atomic mass is 9.88. The first-order valence-electron chi connectivity index (χ1n) is 48.7. The summed E-state index contributed by atoms with van der Waals surface area (Å²) in [4.78, 5) is 113. The van der Waals surface area contributed by atoms with Gasteiger partial charge in [-0.05, 0) is 84.6 Å². The van der Waals surface area contributed by atoms with Crippen LogP contribution < -0.4 is 53.2 Å². The number of nitrogens with one attached hydrogen (secondary N) is 8. The molecule has 1 aliphatic heterocycles. The maximum absolute atomic E-state index is 13.3. The number of ether oxygens (including phenoxy) is 23. The van der Waals surface area contributed by atoms with E-state index in [-0.39, 0.29) is 117 Å². The van der Waals surface area contributed by atoms with Crippen molar-refractivity contribution in [1.29, 1.82) is 0 Å². The smallest absolute Gasteiger partial charge is 0.291 e. The van der Waals surface area contributed by atoms with E-state index in [9.17, 15) is 38.4 Å². The first-order chi connectivity index (χ1) is 70.4. The van der Waals surface area contributed by atoms with Crippen molar-refractivity contribution in [3.8, 4) is 11.1 Å². The minimum atomic E-state index is -0.628. The lowest BCUT2D eigenvalue weighted by Gasteiger charge is -2.39. The third kappa shape index (κ3) is 54.1. The summed E-state index contributed by atoms with van der Waals surface area (Å²) in [6.45, 7) is 23.0. The number of carbonyl (C=O) groups excluding carboxylic acids is 8. The van der Waals surface area contributed by atoms with Crippen LogP contribution in [-0.2, 0) is 149 Å². The second kappa shape index (κ2) is 77.6. The molecule has 8 amide bonds. The zero-order chi connectivity index (χ0) is 103. The summed E-state index contributed by atoms with van der Waals surface area (Å²) in [6.07, 6.45) is 4.97. The molecule has 4 heterocycles. The van der Waals surface area contributed by atoms with Gasteiger partial charge in [-0.25, -0.2) is 9.97 Å². The number of anilines is 5. The van der Waals surface area contributed by atoms with Crippen LogP contribution in [0.4, 0.5) is 28.7 Å². The highest BCUT2D eigenvalue weighted by atomic mass is 35.5. The highest BCUT2D eigenvalue weighted by Gasteiger charge is 2.33. The predicted octanol–water partition coefficient (Wildman–Crippen LogP) is 4.07. The Kier molecular flexibility index (Phi) is 65.3. The molecule has 0 fully saturated rings. The van der Waals surface area contributed by atoms with Gasteiger partial charge in [0.2, 0.25) is 35.3 Å². The van der Waals surface area contributed by atoms with Gasteiger partial charge in [-0.2, -0.15) is 0 Å². The summed E-state index contributed by atoms with van der Waals surface area (Å²) in [5.74, 6) is -2.96. The molecule has 3 aromatic carbocycles. The topological polar surface area (TPSA) is 515 Å². The lowest BCUT2D eigenvalue weighted by molar-refractivity contribution is -0.126. The van der Waals surface area contributed by atoms with Crippen molar-refractivity contribution < 1.29 is 147 Å². The average Bonchev–Trinajstić information content (AvgIpc) is 1.48. The number of nitrogens with two attached hydrogens (primary N) is 1. The molecule has 1 aliphatic rings. The van der Waals surface area contributed by atoms with Crippen LogP contribution in [0.5, 0.6) is 0 Å². The minimum absolute atomic E-state index is 0.00698. The number of carbonyl (C=O) groups is 8. The molecule has 0 saturated carbocycles. The number of fused-ring (bicyclic) bond motifs is 1. The average molecular weight is 2060 g/mol. The van der Waals surface area contributed by atoms with Gasteiger partial charge in [-0.3, -0.25) is 38.4 Å². The Balaban J connectivity index is 0.562. The molecule has 144 heavy (non-hydrogen) atoms. The molecule has 0 unspecified atom stereocenters. The van der Waals surface area contributed by atoms with Crippen LogP contribution in [0.25, 0.3) is 11.1 Å². The minimum Gasteiger partial charge on any atom is -0.378 e. The molecular formula is C97H150ClN15O31. The third-order valence-electron chi connectivity index (χ3n) is 20.6. The maximum atomic E-state index is 13.3. The molecule has 0 radical (unpaired) electrons. The van der Waals surface area contributed by atoms with Crippen molar-refractivity contribution in [2.24, 2.45) is 26.9 Å². The van der Waals surface area contributed by atoms with Crippen molar-refractivity contribution in [2.75, 3.05) is 363 Å². The van der Waals surface area contributed by atoms with Crippen molar-refractivity contribution in [3.63, 3.8) is 0 Å². The Hall–Kier alpha value is -9.75. The molecular weight excluding hydrogens is 1910 g/mol. The van der Waals surface area contributed by atoms with Gasteiger partial charge >= 0.3 is 0 Å². The maximum Gasteiger partial charge on any atom is 0.291 e. The molecule has 46 nitrogen and oxygen atoms in total. The van der Waals surface area contributed by atoms with Crippen LogP contribution in [0, 0.1) is 0 Å². The number of aromatic nitrogens is 5. The Bertz CT molecular complexity index is 4500. The summed E-state index contributed by atoms with van der Waals surface area (Å²) >= 11 is 6.14. The fourth-order valence-electron chi connectivity index (χ4n) is 13.5. The van der Waals surface area contributed by atoms with Gasteiger partial charge in [0.05, 0.1) is 309 Å². The zero-order valence-corrected chi connectivity index (χ0v) is 84.5. The van der Waals surface area contributed by atoms with Crippen LogP contribution in [0.1, 0.15) is 86.8 Å². The van der Waals surface area contributed by atoms with E-state index in [1.54, 1.807) is 40.2 Å². The number of imidazole rings is 2. The molecule has 0 bridgehead atoms. The first kappa shape index (κ1) is 121. The molecule has 10 N–H and O–H groups in total. The largest absolute Gasteiger partial charge is 0.378 e. The van der Waals surface area contributed by atoms with Gasteiger partial charge in [0.15, 0.2) is 11.6 Å². The Labute approximate surface area is 846 Å². The lowest BCUT2D eigenvalue weighted by Crippen LogP contribution is -2.43. The van der Waals surface area contributed by atoms with Crippen LogP contribution in [-0.4, -0.2) is 414 Å². The summed E-state index contributed by atoms with van der Waals surface area (Å²) in [5, 5.41) is 23.2.